The van der Waals surface area contributed by atoms with Crippen LogP contribution in [0.3, 0.4) is 0 Å². The topological polar surface area (TPSA) is 77.8 Å². The third-order valence-corrected chi connectivity index (χ3v) is 4.42. The molecule has 0 spiro atoms. The van der Waals surface area contributed by atoms with Crippen molar-refractivity contribution in [2.24, 2.45) is 0 Å². The van der Waals surface area contributed by atoms with Crippen molar-refractivity contribution < 1.29 is 27.4 Å². The number of nitrogens with one attached hydrogen (secondary N) is 1. The fourth-order valence-electron chi connectivity index (χ4n) is 2.83. The molecule has 0 aliphatic carbocycles. The lowest BCUT2D eigenvalue weighted by Crippen LogP contribution is -2.43. The van der Waals surface area contributed by atoms with Gasteiger partial charge in [0, 0.05) is 11.3 Å². The van der Waals surface area contributed by atoms with Gasteiger partial charge >= 0.3 is 6.18 Å². The van der Waals surface area contributed by atoms with Gasteiger partial charge in [0.15, 0.2) is 22.8 Å². The van der Waals surface area contributed by atoms with Crippen molar-refractivity contribution in [3.63, 3.8) is 0 Å². The predicted octanol–water partition coefficient (Wildman–Crippen LogP) is 3.11. The summed E-state index contributed by atoms with van der Waals surface area (Å²) < 4.78 is 50.4. The Labute approximate surface area is 157 Å². The number of rotatable bonds is 3. The number of hydrogen-bond donors (Lipinski definition) is 1. The molecule has 1 aliphatic heterocycles. The molecular formula is C18H15F3N4O3. The zero-order valence-corrected chi connectivity index (χ0v) is 14.9. The number of nitrogens with zero attached hydrogens (tertiary/aromatic N) is 3. The van der Waals surface area contributed by atoms with E-state index in [-0.39, 0.29) is 18.1 Å². The molecule has 1 amide bonds. The number of amides is 1. The second kappa shape index (κ2) is 6.39. The smallest absolute Gasteiger partial charge is 0.408 e. The third kappa shape index (κ3) is 3.10. The summed E-state index contributed by atoms with van der Waals surface area (Å²) >= 11 is 0. The van der Waals surface area contributed by atoms with Crippen LogP contribution in [-0.2, 0) is 0 Å². The molecule has 28 heavy (non-hydrogen) atoms. The summed E-state index contributed by atoms with van der Waals surface area (Å²) in [5, 5.41) is 1.91. The van der Waals surface area contributed by atoms with Gasteiger partial charge in [-0.25, -0.2) is 9.97 Å². The number of carbonyl (C=O) groups is 1. The summed E-state index contributed by atoms with van der Waals surface area (Å²) in [4.78, 5) is 20.7. The van der Waals surface area contributed by atoms with E-state index < -0.39 is 18.1 Å². The fraction of sp³-hybridized carbons (Fsp3) is 0.278. The lowest BCUT2D eigenvalue weighted by Gasteiger charge is -2.16. The van der Waals surface area contributed by atoms with Crippen LogP contribution in [0.25, 0.3) is 16.9 Å². The first kappa shape index (κ1) is 18.1. The van der Waals surface area contributed by atoms with Crippen molar-refractivity contribution in [2.75, 3.05) is 6.79 Å². The second-order valence-corrected chi connectivity index (χ2v) is 6.37. The largest absolute Gasteiger partial charge is 0.454 e. The standard InChI is InChI=1S/C18H15F3N4O3/c1-9-5-12(11-3-4-13-14(6-11)28-8-27-13)24-16-15(22-7-25(9)16)17(26)23-10(2)18(19,20)21/h3-7,10H,8H2,1-2H3,(H,23,26)/t10-/m1/s1. The monoisotopic (exact) mass is 392 g/mol. The Bertz CT molecular complexity index is 1080. The van der Waals surface area contributed by atoms with E-state index in [9.17, 15) is 18.0 Å². The van der Waals surface area contributed by atoms with E-state index in [1.807, 2.05) is 5.32 Å². The summed E-state index contributed by atoms with van der Waals surface area (Å²) in [6.07, 6.45) is -3.19. The third-order valence-electron chi connectivity index (χ3n) is 4.42. The van der Waals surface area contributed by atoms with Crippen LogP contribution in [0, 0.1) is 6.92 Å². The van der Waals surface area contributed by atoms with Crippen molar-refractivity contribution in [3.05, 3.63) is 42.0 Å². The first-order valence-corrected chi connectivity index (χ1v) is 8.36. The van der Waals surface area contributed by atoms with E-state index in [4.69, 9.17) is 9.47 Å². The first-order valence-electron chi connectivity index (χ1n) is 8.36. The van der Waals surface area contributed by atoms with Gasteiger partial charge in [0.1, 0.15) is 12.4 Å². The number of hydrogen-bond acceptors (Lipinski definition) is 5. The van der Waals surface area contributed by atoms with Crippen molar-refractivity contribution in [1.29, 1.82) is 0 Å². The van der Waals surface area contributed by atoms with E-state index >= 15 is 0 Å². The predicted molar refractivity (Wildman–Crippen MR) is 92.3 cm³/mol. The van der Waals surface area contributed by atoms with Gasteiger partial charge < -0.3 is 14.8 Å². The molecular weight excluding hydrogens is 377 g/mol. The maximum atomic E-state index is 12.7. The Balaban J connectivity index is 1.74. The number of alkyl halides is 3. The molecule has 1 aromatic carbocycles. The van der Waals surface area contributed by atoms with Gasteiger partial charge in [-0.15, -0.1) is 0 Å². The molecule has 0 fully saturated rings. The summed E-state index contributed by atoms with van der Waals surface area (Å²) in [5.41, 5.74) is 1.95. The van der Waals surface area contributed by atoms with E-state index in [1.54, 1.807) is 35.6 Å². The van der Waals surface area contributed by atoms with E-state index in [1.165, 1.54) is 6.33 Å². The first-order chi connectivity index (χ1) is 13.2. The maximum absolute atomic E-state index is 12.7. The number of carbonyl (C=O) groups excluding carboxylic acids is 1. The van der Waals surface area contributed by atoms with Gasteiger partial charge in [0.25, 0.3) is 5.91 Å². The van der Waals surface area contributed by atoms with Crippen LogP contribution in [0.5, 0.6) is 11.5 Å². The normalized spacial score (nSPS) is 14.3. The highest BCUT2D eigenvalue weighted by Gasteiger charge is 2.37. The second-order valence-electron chi connectivity index (χ2n) is 6.37. The minimum atomic E-state index is -4.55. The fourth-order valence-corrected chi connectivity index (χ4v) is 2.83. The number of aryl methyl sites for hydroxylation is 1. The van der Waals surface area contributed by atoms with Gasteiger partial charge in [0.05, 0.1) is 5.69 Å². The molecule has 0 unspecified atom stereocenters. The molecule has 2 aromatic heterocycles. The van der Waals surface area contributed by atoms with Crippen molar-refractivity contribution >= 4 is 11.6 Å². The van der Waals surface area contributed by atoms with E-state index in [2.05, 4.69) is 9.97 Å². The molecule has 3 aromatic rings. The van der Waals surface area contributed by atoms with Crippen LogP contribution in [0.1, 0.15) is 23.1 Å². The Morgan fingerprint density at radius 3 is 2.75 bits per heavy atom. The van der Waals surface area contributed by atoms with Crippen LogP contribution >= 0.6 is 0 Å². The Hall–Kier alpha value is -3.30. The molecule has 0 saturated heterocycles. The molecule has 10 heteroatoms. The van der Waals surface area contributed by atoms with Crippen LogP contribution in [-0.4, -0.2) is 39.3 Å². The molecule has 1 atom stereocenters. The molecule has 1 N–H and O–H groups in total. The summed E-state index contributed by atoms with van der Waals surface area (Å²) in [5.74, 6) is 0.247. The number of imidazole rings is 1. The SMILES string of the molecule is Cc1cc(-c2ccc3c(c2)OCO3)nc2c(C(=O)N[C@H](C)C(F)(F)F)ncn12. The van der Waals surface area contributed by atoms with Crippen molar-refractivity contribution in [3.8, 4) is 22.8 Å². The van der Waals surface area contributed by atoms with Gasteiger partial charge in [-0.05, 0) is 38.1 Å². The molecule has 7 nitrogen and oxygen atoms in total. The lowest BCUT2D eigenvalue weighted by atomic mass is 10.1. The van der Waals surface area contributed by atoms with E-state index in [0.717, 1.165) is 6.92 Å². The lowest BCUT2D eigenvalue weighted by molar-refractivity contribution is -0.149. The molecule has 0 radical (unpaired) electrons. The number of fused-ring (bicyclic) bond motifs is 2. The number of halogens is 3. The molecule has 0 saturated carbocycles. The zero-order valence-electron chi connectivity index (χ0n) is 14.9. The highest BCUT2D eigenvalue weighted by atomic mass is 19.4. The van der Waals surface area contributed by atoms with Crippen LogP contribution in [0.2, 0.25) is 0 Å². The van der Waals surface area contributed by atoms with Crippen LogP contribution in [0.15, 0.2) is 30.6 Å². The van der Waals surface area contributed by atoms with Crippen LogP contribution in [0.4, 0.5) is 13.2 Å². The summed E-state index contributed by atoms with van der Waals surface area (Å²) in [7, 11) is 0. The highest BCUT2D eigenvalue weighted by Crippen LogP contribution is 2.35. The van der Waals surface area contributed by atoms with Gasteiger partial charge in [-0.2, -0.15) is 13.2 Å². The van der Waals surface area contributed by atoms with E-state index in [0.29, 0.717) is 28.5 Å². The van der Waals surface area contributed by atoms with Crippen molar-refractivity contribution in [1.82, 2.24) is 19.7 Å². The number of benzene rings is 1. The summed E-state index contributed by atoms with van der Waals surface area (Å²) in [6.45, 7) is 2.79. The quantitative estimate of drug-likeness (QED) is 0.741. The Morgan fingerprint density at radius 1 is 1.25 bits per heavy atom. The number of ether oxygens (including phenoxy) is 2. The highest BCUT2D eigenvalue weighted by molar-refractivity contribution is 5.98. The molecule has 146 valence electrons. The number of aromatic nitrogens is 3. The molecule has 3 heterocycles. The zero-order chi connectivity index (χ0) is 20.1. The molecule has 0 bridgehead atoms. The minimum Gasteiger partial charge on any atom is -0.454 e. The average molecular weight is 392 g/mol. The maximum Gasteiger partial charge on any atom is 0.408 e. The van der Waals surface area contributed by atoms with Gasteiger partial charge in [-0.3, -0.25) is 9.20 Å². The Morgan fingerprint density at radius 2 is 2.00 bits per heavy atom. The van der Waals surface area contributed by atoms with Crippen LogP contribution < -0.4 is 14.8 Å². The Kier molecular flexibility index (Phi) is 4.13. The van der Waals surface area contributed by atoms with Gasteiger partial charge in [0.2, 0.25) is 6.79 Å². The molecule has 1 aliphatic rings. The van der Waals surface area contributed by atoms with Gasteiger partial charge in [-0.1, -0.05) is 0 Å². The summed E-state index contributed by atoms with van der Waals surface area (Å²) in [6, 6.07) is 5.06. The minimum absolute atomic E-state index is 0.134. The average Bonchev–Trinajstić information content (AvgIpc) is 3.26. The van der Waals surface area contributed by atoms with Crippen molar-refractivity contribution in [2.45, 2.75) is 26.1 Å². The molecule has 4 rings (SSSR count).